The molecule has 10 heteroatoms. The van der Waals surface area contributed by atoms with Crippen LogP contribution in [0.3, 0.4) is 0 Å². The average molecular weight is 615 g/mol. The summed E-state index contributed by atoms with van der Waals surface area (Å²) in [7, 11) is 1.21. The van der Waals surface area contributed by atoms with Crippen LogP contribution in [0.25, 0.3) is 11.1 Å². The monoisotopic (exact) mass is 614 g/mol. The van der Waals surface area contributed by atoms with Crippen molar-refractivity contribution in [2.75, 3.05) is 19.0 Å². The van der Waals surface area contributed by atoms with Gasteiger partial charge in [-0.25, -0.2) is 9.18 Å². The van der Waals surface area contributed by atoms with Crippen LogP contribution in [0.5, 0.6) is 0 Å². The fourth-order valence-corrected chi connectivity index (χ4v) is 5.41. The molecule has 4 aromatic carbocycles. The van der Waals surface area contributed by atoms with Gasteiger partial charge in [-0.1, -0.05) is 72.3 Å². The summed E-state index contributed by atoms with van der Waals surface area (Å²) in [6.07, 6.45) is -1.16. The minimum Gasteiger partial charge on any atom is -0.469 e. The molecule has 0 bridgehead atoms. The molecule has 1 aliphatic rings. The molecule has 224 valence electrons. The highest BCUT2D eigenvalue weighted by molar-refractivity contribution is 6.31. The van der Waals surface area contributed by atoms with E-state index in [2.05, 4.69) is 10.6 Å². The van der Waals surface area contributed by atoms with Gasteiger partial charge in [-0.2, -0.15) is 0 Å². The van der Waals surface area contributed by atoms with E-state index in [1.54, 1.807) is 0 Å². The highest BCUT2D eigenvalue weighted by Gasteiger charge is 2.30. The lowest BCUT2D eigenvalue weighted by molar-refractivity contribution is -0.140. The number of halogens is 2. The number of hydrogen-bond donors (Lipinski definition) is 2. The van der Waals surface area contributed by atoms with Gasteiger partial charge in [0.1, 0.15) is 18.5 Å². The second kappa shape index (κ2) is 13.5. The predicted molar refractivity (Wildman–Crippen MR) is 163 cm³/mol. The topological polar surface area (TPSA) is 111 Å². The molecular formula is C34H28ClFN2O6. The van der Waals surface area contributed by atoms with Crippen LogP contribution in [0.2, 0.25) is 5.02 Å². The number of carbonyl (C=O) groups is 4. The number of hydrogen-bond acceptors (Lipinski definition) is 6. The van der Waals surface area contributed by atoms with Crippen molar-refractivity contribution in [3.8, 4) is 11.1 Å². The van der Waals surface area contributed by atoms with E-state index in [1.807, 2.05) is 48.5 Å². The van der Waals surface area contributed by atoms with E-state index < -0.39 is 35.6 Å². The number of nitrogens with one attached hydrogen (secondary N) is 2. The predicted octanol–water partition coefficient (Wildman–Crippen LogP) is 6.51. The lowest BCUT2D eigenvalue weighted by Crippen LogP contribution is -2.44. The van der Waals surface area contributed by atoms with Crippen LogP contribution in [-0.2, 0) is 19.1 Å². The van der Waals surface area contributed by atoms with Gasteiger partial charge in [0.25, 0.3) is 0 Å². The van der Waals surface area contributed by atoms with E-state index in [0.29, 0.717) is 0 Å². The van der Waals surface area contributed by atoms with E-state index in [0.717, 1.165) is 28.3 Å². The Hall–Kier alpha value is -5.02. The number of rotatable bonds is 10. The van der Waals surface area contributed by atoms with E-state index >= 15 is 0 Å². The maximum absolute atomic E-state index is 14.4. The third-order valence-corrected chi connectivity index (χ3v) is 7.65. The first-order valence-electron chi connectivity index (χ1n) is 13.8. The van der Waals surface area contributed by atoms with Crippen molar-refractivity contribution in [2.45, 2.75) is 24.8 Å². The Labute approximate surface area is 258 Å². The first-order chi connectivity index (χ1) is 21.3. The lowest BCUT2D eigenvalue weighted by atomic mass is 9.98. The van der Waals surface area contributed by atoms with Gasteiger partial charge >= 0.3 is 12.1 Å². The Morgan fingerprint density at radius 1 is 0.864 bits per heavy atom. The second-order valence-electron chi connectivity index (χ2n) is 10.1. The molecule has 1 atom stereocenters. The summed E-state index contributed by atoms with van der Waals surface area (Å²) >= 11 is 6.12. The Balaban J connectivity index is 1.32. The second-order valence-corrected chi connectivity index (χ2v) is 10.6. The smallest absolute Gasteiger partial charge is 0.407 e. The zero-order chi connectivity index (χ0) is 31.2. The average Bonchev–Trinajstić information content (AvgIpc) is 3.36. The van der Waals surface area contributed by atoms with Gasteiger partial charge in [-0.3, -0.25) is 14.4 Å². The number of amides is 2. The molecule has 8 nitrogen and oxygen atoms in total. The molecule has 44 heavy (non-hydrogen) atoms. The van der Waals surface area contributed by atoms with Crippen LogP contribution in [0.4, 0.5) is 14.9 Å². The van der Waals surface area contributed by atoms with Crippen LogP contribution in [0.1, 0.15) is 45.8 Å². The van der Waals surface area contributed by atoms with Gasteiger partial charge in [0.15, 0.2) is 5.78 Å². The van der Waals surface area contributed by atoms with Crippen molar-refractivity contribution >= 4 is 41.0 Å². The van der Waals surface area contributed by atoms with Crippen molar-refractivity contribution in [1.29, 1.82) is 0 Å². The number of ether oxygens (including phenoxy) is 2. The first kappa shape index (κ1) is 30.4. The molecule has 0 spiro atoms. The first-order valence-corrected chi connectivity index (χ1v) is 14.2. The molecule has 1 aliphatic carbocycles. The molecule has 2 amide bonds. The maximum atomic E-state index is 14.4. The normalized spacial score (nSPS) is 12.4. The zero-order valence-corrected chi connectivity index (χ0v) is 24.4. The van der Waals surface area contributed by atoms with Gasteiger partial charge in [0, 0.05) is 22.9 Å². The third-order valence-electron chi connectivity index (χ3n) is 7.42. The van der Waals surface area contributed by atoms with E-state index in [-0.39, 0.29) is 47.2 Å². The molecule has 5 rings (SSSR count). The van der Waals surface area contributed by atoms with Crippen molar-refractivity contribution in [1.82, 2.24) is 5.32 Å². The quantitative estimate of drug-likeness (QED) is 0.156. The standard InChI is InChI=1S/C34H28ClFN2O6/c1-43-31(39)17-16-30(33(41)37-29-15-14-20(35)18-26(29)32(40)25-12-6-7-13-28(25)36)38-34(42)44-19-27-23-10-4-2-8-21(23)22-9-3-5-11-24(22)27/h2-15,18,27,30H,16-17,19H2,1H3,(H,37,41)(H,38,42)/t30-/m0/s1. The minimum absolute atomic E-state index is 0.0175. The lowest BCUT2D eigenvalue weighted by Gasteiger charge is -2.20. The van der Waals surface area contributed by atoms with Gasteiger partial charge in [0.05, 0.1) is 18.4 Å². The molecule has 4 aromatic rings. The molecule has 0 aliphatic heterocycles. The van der Waals surface area contributed by atoms with Crippen molar-refractivity contribution in [2.24, 2.45) is 0 Å². The molecule has 0 fully saturated rings. The summed E-state index contributed by atoms with van der Waals surface area (Å²) in [6.45, 7) is 0.0175. The number of ketones is 1. The Morgan fingerprint density at radius 3 is 2.16 bits per heavy atom. The Bertz CT molecular complexity index is 1700. The zero-order valence-electron chi connectivity index (χ0n) is 23.6. The van der Waals surface area contributed by atoms with E-state index in [4.69, 9.17) is 21.1 Å². The number of anilines is 1. The fraction of sp³-hybridized carbons (Fsp3) is 0.176. The van der Waals surface area contributed by atoms with Crippen LogP contribution in [0.15, 0.2) is 91.0 Å². The van der Waals surface area contributed by atoms with Crippen LogP contribution in [0, 0.1) is 5.82 Å². The molecular weight excluding hydrogens is 587 g/mol. The van der Waals surface area contributed by atoms with E-state index in [9.17, 15) is 23.6 Å². The van der Waals surface area contributed by atoms with E-state index in [1.165, 1.54) is 43.5 Å². The van der Waals surface area contributed by atoms with Gasteiger partial charge in [-0.05, 0) is 59.0 Å². The summed E-state index contributed by atoms with van der Waals surface area (Å²) in [4.78, 5) is 51.6. The highest BCUT2D eigenvalue weighted by atomic mass is 35.5. The minimum atomic E-state index is -1.24. The molecule has 0 aromatic heterocycles. The summed E-state index contributed by atoms with van der Waals surface area (Å²) in [5.41, 5.74) is 3.97. The number of benzene rings is 4. The molecule has 0 saturated carbocycles. The highest BCUT2D eigenvalue weighted by Crippen LogP contribution is 2.44. The summed E-state index contributed by atoms with van der Waals surface area (Å²) in [6, 6.07) is 24.1. The largest absolute Gasteiger partial charge is 0.469 e. The fourth-order valence-electron chi connectivity index (χ4n) is 5.24. The molecule has 0 heterocycles. The number of alkyl carbamates (subject to hydrolysis) is 1. The number of fused-ring (bicyclic) bond motifs is 3. The Morgan fingerprint density at radius 2 is 1.50 bits per heavy atom. The molecule has 0 saturated heterocycles. The SMILES string of the molecule is COC(=O)CC[C@H](NC(=O)OCC1c2ccccc2-c2ccccc21)C(=O)Nc1ccc(Cl)cc1C(=O)c1ccccc1F. The van der Waals surface area contributed by atoms with Crippen LogP contribution >= 0.6 is 11.6 Å². The molecule has 0 unspecified atom stereocenters. The summed E-state index contributed by atoms with van der Waals surface area (Å²) < 4.78 is 24.7. The van der Waals surface area contributed by atoms with Crippen molar-refractivity contribution < 1.29 is 33.0 Å². The summed E-state index contributed by atoms with van der Waals surface area (Å²) in [5, 5.41) is 5.35. The molecule has 0 radical (unpaired) electrons. The van der Waals surface area contributed by atoms with Gasteiger partial charge in [0.2, 0.25) is 5.91 Å². The number of esters is 1. The number of carbonyl (C=O) groups excluding carboxylic acids is 4. The van der Waals surface area contributed by atoms with Gasteiger partial charge < -0.3 is 20.1 Å². The van der Waals surface area contributed by atoms with Crippen molar-refractivity contribution in [3.05, 3.63) is 124 Å². The van der Waals surface area contributed by atoms with Crippen LogP contribution in [-0.4, -0.2) is 43.5 Å². The third kappa shape index (κ3) is 6.63. The van der Waals surface area contributed by atoms with Gasteiger partial charge in [-0.15, -0.1) is 0 Å². The molecule has 2 N–H and O–H groups in total. The van der Waals surface area contributed by atoms with Crippen LogP contribution < -0.4 is 10.6 Å². The van der Waals surface area contributed by atoms with Crippen molar-refractivity contribution in [3.63, 3.8) is 0 Å². The summed E-state index contributed by atoms with van der Waals surface area (Å²) in [5.74, 6) is -2.94. The maximum Gasteiger partial charge on any atom is 0.407 e. The Kier molecular flexibility index (Phi) is 9.35. The number of methoxy groups -OCH3 is 1.